The number of benzene rings is 1. The van der Waals surface area contributed by atoms with Crippen molar-refractivity contribution < 1.29 is 23.4 Å². The minimum absolute atomic E-state index is 0.0297. The van der Waals surface area contributed by atoms with Crippen LogP contribution in [0.2, 0.25) is 0 Å². The van der Waals surface area contributed by atoms with Crippen LogP contribution in [0.4, 0.5) is 0 Å². The zero-order chi connectivity index (χ0) is 16.0. The first-order valence-electron chi connectivity index (χ1n) is 6.25. The van der Waals surface area contributed by atoms with Crippen LogP contribution < -0.4 is 4.74 Å². The summed E-state index contributed by atoms with van der Waals surface area (Å²) in [5.41, 5.74) is 0.453. The third-order valence-electron chi connectivity index (χ3n) is 2.68. The molecule has 0 aliphatic rings. The van der Waals surface area contributed by atoms with Gasteiger partial charge in [0.25, 0.3) is 0 Å². The van der Waals surface area contributed by atoms with E-state index in [4.69, 9.17) is 9.84 Å². The lowest BCUT2D eigenvalue weighted by Crippen LogP contribution is -2.33. The summed E-state index contributed by atoms with van der Waals surface area (Å²) in [5, 5.41) is 18.0. The molecule has 21 heavy (non-hydrogen) atoms. The van der Waals surface area contributed by atoms with Crippen molar-refractivity contribution in [2.45, 2.75) is 17.9 Å². The first-order valence-corrected chi connectivity index (χ1v) is 7.69. The van der Waals surface area contributed by atoms with Gasteiger partial charge in [-0.05, 0) is 25.1 Å². The lowest BCUT2D eigenvalue weighted by molar-refractivity contribution is 0.171. The second kappa shape index (κ2) is 7.43. The summed E-state index contributed by atoms with van der Waals surface area (Å²) in [7, 11) is -1.05. The molecule has 1 unspecified atom stereocenters. The minimum atomic E-state index is -3.81. The Balaban J connectivity index is 3.31. The topological polar surface area (TPSA) is 87.1 Å². The molecule has 7 heteroatoms. The second-order valence-corrected chi connectivity index (χ2v) is 6.47. The maximum atomic E-state index is 12.5. The SMILES string of the molecule is COc1ccc(C#CCO)cc1S(=O)(=O)N(C)CC(C)O. The van der Waals surface area contributed by atoms with Gasteiger partial charge in [0.1, 0.15) is 17.3 Å². The number of nitrogens with zero attached hydrogens (tertiary/aromatic N) is 1. The Hall–Kier alpha value is -1.59. The van der Waals surface area contributed by atoms with Crippen LogP contribution in [0.15, 0.2) is 23.1 Å². The Kier molecular flexibility index (Phi) is 6.18. The first-order chi connectivity index (χ1) is 9.82. The number of hydrogen-bond acceptors (Lipinski definition) is 5. The minimum Gasteiger partial charge on any atom is -0.495 e. The average molecular weight is 313 g/mol. The van der Waals surface area contributed by atoms with Crippen molar-refractivity contribution >= 4 is 10.0 Å². The van der Waals surface area contributed by atoms with E-state index in [1.165, 1.54) is 33.2 Å². The zero-order valence-corrected chi connectivity index (χ0v) is 13.0. The standard InChI is InChI=1S/C14H19NO5S/c1-11(17)10-15(2)21(18,19)14-9-12(5-4-8-16)6-7-13(14)20-3/h6-7,9,11,16-17H,8,10H2,1-3H3. The van der Waals surface area contributed by atoms with Crippen LogP contribution in [0.1, 0.15) is 12.5 Å². The quantitative estimate of drug-likeness (QED) is 0.750. The maximum Gasteiger partial charge on any atom is 0.246 e. The Labute approximate surface area is 125 Å². The van der Waals surface area contributed by atoms with Crippen molar-refractivity contribution in [1.82, 2.24) is 4.31 Å². The molecule has 2 N–H and O–H groups in total. The van der Waals surface area contributed by atoms with Gasteiger partial charge in [-0.3, -0.25) is 0 Å². The molecule has 0 spiro atoms. The van der Waals surface area contributed by atoms with E-state index in [0.29, 0.717) is 5.56 Å². The second-order valence-electron chi connectivity index (χ2n) is 4.46. The van der Waals surface area contributed by atoms with E-state index in [1.54, 1.807) is 6.07 Å². The molecule has 0 aliphatic heterocycles. The van der Waals surface area contributed by atoms with Gasteiger partial charge in [0, 0.05) is 19.2 Å². The molecule has 0 aliphatic carbocycles. The first kappa shape index (κ1) is 17.5. The fraction of sp³-hybridized carbons (Fsp3) is 0.429. The van der Waals surface area contributed by atoms with Crippen LogP contribution in [-0.4, -0.2) is 56.3 Å². The summed E-state index contributed by atoms with van der Waals surface area (Å²) in [6, 6.07) is 4.50. The predicted molar refractivity (Wildman–Crippen MR) is 78.5 cm³/mol. The molecule has 1 atom stereocenters. The third-order valence-corrected chi connectivity index (χ3v) is 4.53. The van der Waals surface area contributed by atoms with E-state index in [2.05, 4.69) is 11.8 Å². The van der Waals surface area contributed by atoms with E-state index in [9.17, 15) is 13.5 Å². The summed E-state index contributed by atoms with van der Waals surface area (Å²) in [4.78, 5) is -0.0297. The summed E-state index contributed by atoms with van der Waals surface area (Å²) < 4.78 is 31.2. The third kappa shape index (κ3) is 4.44. The van der Waals surface area contributed by atoms with Crippen LogP contribution in [0.3, 0.4) is 0 Å². The number of hydrogen-bond donors (Lipinski definition) is 2. The molecular weight excluding hydrogens is 294 g/mol. The number of likely N-dealkylation sites (N-methyl/N-ethyl adjacent to an activating group) is 1. The number of aliphatic hydroxyl groups is 2. The van der Waals surface area contributed by atoms with Crippen LogP contribution in [0.25, 0.3) is 0 Å². The van der Waals surface area contributed by atoms with Crippen molar-refractivity contribution in [3.63, 3.8) is 0 Å². The van der Waals surface area contributed by atoms with E-state index in [1.807, 2.05) is 0 Å². The van der Waals surface area contributed by atoms with Gasteiger partial charge < -0.3 is 14.9 Å². The van der Waals surface area contributed by atoms with Crippen molar-refractivity contribution in [3.8, 4) is 17.6 Å². The van der Waals surface area contributed by atoms with Crippen LogP contribution in [0.5, 0.6) is 5.75 Å². The van der Waals surface area contributed by atoms with Gasteiger partial charge in [-0.15, -0.1) is 0 Å². The van der Waals surface area contributed by atoms with Gasteiger partial charge in [0.2, 0.25) is 10.0 Å². The molecule has 6 nitrogen and oxygen atoms in total. The Morgan fingerprint density at radius 3 is 2.62 bits per heavy atom. The highest BCUT2D eigenvalue weighted by molar-refractivity contribution is 7.89. The molecule has 0 heterocycles. The normalized spacial score (nSPS) is 12.7. The van der Waals surface area contributed by atoms with Crippen LogP contribution >= 0.6 is 0 Å². The maximum absolute atomic E-state index is 12.5. The lowest BCUT2D eigenvalue weighted by atomic mass is 10.2. The highest BCUT2D eigenvalue weighted by atomic mass is 32.2. The molecule has 0 saturated carbocycles. The summed E-state index contributed by atoms with van der Waals surface area (Å²) in [6.45, 7) is 1.17. The Morgan fingerprint density at radius 1 is 1.43 bits per heavy atom. The summed E-state index contributed by atoms with van der Waals surface area (Å²) in [5.74, 6) is 5.30. The number of methoxy groups -OCH3 is 1. The Morgan fingerprint density at radius 2 is 2.10 bits per heavy atom. The fourth-order valence-corrected chi connectivity index (χ4v) is 3.17. The Bertz CT molecular complexity index is 643. The van der Waals surface area contributed by atoms with E-state index in [-0.39, 0.29) is 23.8 Å². The van der Waals surface area contributed by atoms with Gasteiger partial charge in [-0.25, -0.2) is 8.42 Å². The number of aliphatic hydroxyl groups excluding tert-OH is 2. The molecule has 1 aromatic rings. The van der Waals surface area contributed by atoms with Gasteiger partial charge in [-0.2, -0.15) is 4.31 Å². The van der Waals surface area contributed by atoms with Gasteiger partial charge >= 0.3 is 0 Å². The van der Waals surface area contributed by atoms with Gasteiger partial charge in [0.05, 0.1) is 13.2 Å². The molecule has 1 aromatic carbocycles. The fourth-order valence-electron chi connectivity index (χ4n) is 1.74. The smallest absolute Gasteiger partial charge is 0.246 e. The summed E-state index contributed by atoms with van der Waals surface area (Å²) in [6.07, 6.45) is -0.784. The zero-order valence-electron chi connectivity index (χ0n) is 12.2. The van der Waals surface area contributed by atoms with Gasteiger partial charge in [0.15, 0.2) is 0 Å². The molecule has 0 radical (unpaired) electrons. The van der Waals surface area contributed by atoms with Crippen molar-refractivity contribution in [2.75, 3.05) is 27.3 Å². The molecule has 116 valence electrons. The largest absolute Gasteiger partial charge is 0.495 e. The molecule has 1 rings (SSSR count). The summed E-state index contributed by atoms with van der Waals surface area (Å²) >= 11 is 0. The van der Waals surface area contributed by atoms with Crippen molar-refractivity contribution in [1.29, 1.82) is 0 Å². The van der Waals surface area contributed by atoms with Crippen LogP contribution in [0, 0.1) is 11.8 Å². The molecule has 0 bridgehead atoms. The van der Waals surface area contributed by atoms with E-state index < -0.39 is 16.1 Å². The highest BCUT2D eigenvalue weighted by Crippen LogP contribution is 2.27. The highest BCUT2D eigenvalue weighted by Gasteiger charge is 2.25. The number of rotatable bonds is 5. The van der Waals surface area contributed by atoms with Crippen molar-refractivity contribution in [2.24, 2.45) is 0 Å². The van der Waals surface area contributed by atoms with Crippen molar-refractivity contribution in [3.05, 3.63) is 23.8 Å². The lowest BCUT2D eigenvalue weighted by Gasteiger charge is -2.20. The molecule has 0 fully saturated rings. The average Bonchev–Trinajstić information content (AvgIpc) is 2.44. The molecule has 0 aromatic heterocycles. The van der Waals surface area contributed by atoms with E-state index >= 15 is 0 Å². The number of sulfonamides is 1. The van der Waals surface area contributed by atoms with E-state index in [0.717, 1.165) is 4.31 Å². The van der Waals surface area contributed by atoms with Gasteiger partial charge in [-0.1, -0.05) is 11.8 Å². The number of ether oxygens (including phenoxy) is 1. The molecular formula is C14H19NO5S. The van der Waals surface area contributed by atoms with Crippen LogP contribution in [-0.2, 0) is 10.0 Å². The predicted octanol–water partition coefficient (Wildman–Crippen LogP) is 0.0403. The molecule has 0 saturated heterocycles. The molecule has 0 amide bonds. The monoisotopic (exact) mass is 313 g/mol.